The molecule has 0 saturated heterocycles. The molecule has 0 unspecified atom stereocenters. The Morgan fingerprint density at radius 3 is 1.88 bits per heavy atom. The molecule has 2 aliphatic heterocycles. The van der Waals surface area contributed by atoms with E-state index in [1.165, 1.54) is 25.0 Å². The highest BCUT2D eigenvalue weighted by Gasteiger charge is 2.26. The van der Waals surface area contributed by atoms with Crippen LogP contribution in [0.1, 0.15) is 101 Å². The van der Waals surface area contributed by atoms with Crippen molar-refractivity contribution in [2.45, 2.75) is 93.9 Å². The lowest BCUT2D eigenvalue weighted by atomic mass is 10.0. The van der Waals surface area contributed by atoms with E-state index in [4.69, 9.17) is 19.2 Å². The van der Waals surface area contributed by atoms with E-state index in [0.29, 0.717) is 36.4 Å². The lowest BCUT2D eigenvalue weighted by molar-refractivity contribution is -0.141. The van der Waals surface area contributed by atoms with Crippen molar-refractivity contribution >= 4 is 47.7 Å². The third-order valence-corrected chi connectivity index (χ3v) is 8.98. The number of allylic oxidation sites excluding steroid dienone is 2. The van der Waals surface area contributed by atoms with Crippen LogP contribution < -0.4 is 10.7 Å². The number of ether oxygens (including phenoxy) is 3. The average Bonchev–Trinajstić information content (AvgIpc) is 3.73. The number of aliphatic imine (C=N–C) groups is 2. The molecule has 0 saturated carbocycles. The van der Waals surface area contributed by atoms with Crippen molar-refractivity contribution in [3.05, 3.63) is 72.3 Å². The van der Waals surface area contributed by atoms with Crippen LogP contribution in [0.5, 0.6) is 0 Å². The van der Waals surface area contributed by atoms with Crippen molar-refractivity contribution < 1.29 is 28.6 Å². The van der Waals surface area contributed by atoms with Crippen molar-refractivity contribution in [1.29, 1.82) is 0 Å². The minimum atomic E-state index is -0.367. The molecule has 10 nitrogen and oxygen atoms in total. The Labute approximate surface area is 282 Å². The maximum atomic E-state index is 12.8. The predicted molar refractivity (Wildman–Crippen MR) is 189 cm³/mol. The summed E-state index contributed by atoms with van der Waals surface area (Å²) in [7, 11) is 1.61. The molecule has 2 aliphatic rings. The minimum absolute atomic E-state index is 0.157. The summed E-state index contributed by atoms with van der Waals surface area (Å²) >= 11 is 0. The van der Waals surface area contributed by atoms with Crippen LogP contribution in [0.2, 0.25) is 0 Å². The van der Waals surface area contributed by atoms with Crippen LogP contribution in [-0.2, 0) is 41.4 Å². The first-order chi connectivity index (χ1) is 23.0. The zero-order valence-electron chi connectivity index (χ0n) is 29.7. The van der Waals surface area contributed by atoms with Gasteiger partial charge in [0, 0.05) is 59.9 Å². The van der Waals surface area contributed by atoms with E-state index in [1.807, 2.05) is 13.0 Å². The molecule has 2 N–H and O–H groups in total. The van der Waals surface area contributed by atoms with Crippen LogP contribution in [0, 0.1) is 13.8 Å². The summed E-state index contributed by atoms with van der Waals surface area (Å²) in [6.07, 6.45) is 10.2. The predicted octanol–water partition coefficient (Wildman–Crippen LogP) is 5.39. The minimum Gasteiger partial charge on any atom is -0.481 e. The lowest BCUT2D eigenvalue weighted by Gasteiger charge is -2.08. The van der Waals surface area contributed by atoms with Crippen molar-refractivity contribution in [3.8, 4) is 0 Å². The molecule has 4 rings (SSSR count). The molecule has 0 aromatic carbocycles. The number of nitrogens with one attached hydrogen (secondary N) is 2. The molecule has 0 spiro atoms. The van der Waals surface area contributed by atoms with Gasteiger partial charge in [0.25, 0.3) is 5.91 Å². The topological polar surface area (TPSA) is 135 Å². The fourth-order valence-corrected chi connectivity index (χ4v) is 6.58. The molecular weight excluding hydrogens is 608 g/mol. The Hall–Kier alpha value is -4.73. The molecule has 1 amide bonds. The number of rotatable bonds is 13. The molecule has 0 aliphatic carbocycles. The second-order valence-electron chi connectivity index (χ2n) is 11.9. The van der Waals surface area contributed by atoms with Crippen LogP contribution in [0.15, 0.2) is 38.0 Å². The highest BCUT2D eigenvalue weighted by atomic mass is 16.5. The molecule has 0 fully saturated rings. The van der Waals surface area contributed by atoms with Gasteiger partial charge < -0.3 is 24.2 Å². The number of hydrogen-bond donors (Lipinski definition) is 2. The molecule has 0 bridgehead atoms. The molecule has 10 heteroatoms. The van der Waals surface area contributed by atoms with Gasteiger partial charge in [0.15, 0.2) is 0 Å². The summed E-state index contributed by atoms with van der Waals surface area (Å²) in [6.45, 7) is 15.8. The Balaban J connectivity index is 1.75. The zero-order chi connectivity index (χ0) is 35.1. The van der Waals surface area contributed by atoms with Gasteiger partial charge in [0.05, 0.1) is 31.7 Å². The van der Waals surface area contributed by atoms with E-state index < -0.39 is 0 Å². The first-order valence-corrected chi connectivity index (χ1v) is 16.8. The lowest BCUT2D eigenvalue weighted by Crippen LogP contribution is -2.14. The van der Waals surface area contributed by atoms with Gasteiger partial charge >= 0.3 is 11.9 Å². The fourth-order valence-electron chi connectivity index (χ4n) is 6.58. The quantitative estimate of drug-likeness (QED) is 0.278. The third kappa shape index (κ3) is 7.69. The SMILES string of the molecule is CCC1=C(CCOC(C)=O)C(=O)N=C1/C=c1\[nH]/c(=C/c2[nH]c(/C=C3\N=C(OC)C(CCOC(C)=O)=C3CC)c(C)c2CC)c(CC)c1C. The second-order valence-corrected chi connectivity index (χ2v) is 11.9. The molecule has 4 heterocycles. The number of nitrogens with zero attached hydrogens (tertiary/aromatic N) is 2. The summed E-state index contributed by atoms with van der Waals surface area (Å²) in [5.41, 5.74) is 11.7. The number of H-pyrrole nitrogens is 2. The fraction of sp³-hybridized carbons (Fsp3) is 0.447. The number of aromatic nitrogens is 2. The molecule has 0 radical (unpaired) electrons. The van der Waals surface area contributed by atoms with Gasteiger partial charge in [-0.25, -0.2) is 9.98 Å². The number of esters is 2. The molecule has 256 valence electrons. The highest BCUT2D eigenvalue weighted by molar-refractivity contribution is 6.31. The van der Waals surface area contributed by atoms with Gasteiger partial charge in [0.1, 0.15) is 0 Å². The van der Waals surface area contributed by atoms with Crippen LogP contribution >= 0.6 is 0 Å². The number of carbonyl (C=O) groups excluding carboxylic acids is 3. The standard InChI is InChI=1S/C38H48N4O6/c1-10-25-21(5)31(18-35-27(12-3)29(37(45)41-35)14-16-47-23(7)43)39-33(25)20-34-26(11-2)22(6)32(40-34)19-36-28(13-4)30(38(42-36)46-9)15-17-48-24(8)44/h18-20,39-40H,10-17H2,1-9H3/b31-18-,33-20+,36-19-. The van der Waals surface area contributed by atoms with E-state index in [9.17, 15) is 14.4 Å². The van der Waals surface area contributed by atoms with Crippen molar-refractivity contribution in [3.63, 3.8) is 0 Å². The first-order valence-electron chi connectivity index (χ1n) is 16.8. The summed E-state index contributed by atoms with van der Waals surface area (Å²) in [5.74, 6) is -0.387. The van der Waals surface area contributed by atoms with Gasteiger partial charge in [0.2, 0.25) is 5.90 Å². The summed E-state index contributed by atoms with van der Waals surface area (Å²) in [6, 6.07) is 0. The van der Waals surface area contributed by atoms with E-state index >= 15 is 0 Å². The first kappa shape index (κ1) is 36.1. The summed E-state index contributed by atoms with van der Waals surface area (Å²) in [4.78, 5) is 51.8. The van der Waals surface area contributed by atoms with E-state index in [-0.39, 0.29) is 31.1 Å². The molecular formula is C38H48N4O6. The maximum absolute atomic E-state index is 12.8. The van der Waals surface area contributed by atoms with Crippen molar-refractivity contribution in [1.82, 2.24) is 9.97 Å². The van der Waals surface area contributed by atoms with Crippen molar-refractivity contribution in [2.24, 2.45) is 9.98 Å². The Morgan fingerprint density at radius 2 is 1.31 bits per heavy atom. The van der Waals surface area contributed by atoms with Crippen LogP contribution in [0.3, 0.4) is 0 Å². The Kier molecular flexibility index (Phi) is 12.0. The Bertz CT molecular complexity index is 1890. The van der Waals surface area contributed by atoms with Crippen LogP contribution in [-0.4, -0.2) is 59.7 Å². The van der Waals surface area contributed by atoms with Gasteiger partial charge in [-0.2, -0.15) is 0 Å². The van der Waals surface area contributed by atoms with E-state index in [2.05, 4.69) is 61.7 Å². The maximum Gasteiger partial charge on any atom is 0.302 e. The smallest absolute Gasteiger partial charge is 0.302 e. The van der Waals surface area contributed by atoms with Gasteiger partial charge in [-0.05, 0) is 91.2 Å². The highest BCUT2D eigenvalue weighted by Crippen LogP contribution is 2.33. The molecule has 0 atom stereocenters. The number of hydrogen-bond acceptors (Lipinski definition) is 7. The van der Waals surface area contributed by atoms with Gasteiger partial charge in [-0.15, -0.1) is 0 Å². The van der Waals surface area contributed by atoms with E-state index in [1.54, 1.807) is 7.11 Å². The van der Waals surface area contributed by atoms with Gasteiger partial charge in [-0.3, -0.25) is 14.4 Å². The number of methoxy groups -OCH3 is 1. The van der Waals surface area contributed by atoms with E-state index in [0.717, 1.165) is 74.9 Å². The third-order valence-electron chi connectivity index (χ3n) is 8.98. The molecule has 48 heavy (non-hydrogen) atoms. The summed E-state index contributed by atoms with van der Waals surface area (Å²) < 4.78 is 15.9. The summed E-state index contributed by atoms with van der Waals surface area (Å²) in [5, 5.41) is 1.91. The number of amides is 1. The normalized spacial score (nSPS) is 16.4. The van der Waals surface area contributed by atoms with Gasteiger partial charge in [-0.1, -0.05) is 27.7 Å². The monoisotopic (exact) mass is 656 g/mol. The largest absolute Gasteiger partial charge is 0.481 e. The zero-order valence-corrected chi connectivity index (χ0v) is 29.7. The molecule has 2 aromatic rings. The van der Waals surface area contributed by atoms with Crippen LogP contribution in [0.25, 0.3) is 18.2 Å². The van der Waals surface area contributed by atoms with Crippen molar-refractivity contribution in [2.75, 3.05) is 20.3 Å². The van der Waals surface area contributed by atoms with Crippen LogP contribution in [0.4, 0.5) is 0 Å². The average molecular weight is 657 g/mol. The number of aromatic amines is 2. The molecule has 2 aromatic heterocycles. The second kappa shape index (κ2) is 15.9. The Morgan fingerprint density at radius 1 is 0.688 bits per heavy atom. The number of carbonyl (C=O) groups is 3.